The Morgan fingerprint density at radius 2 is 1.13 bits per heavy atom. The van der Waals surface area contributed by atoms with Crippen LogP contribution in [-0.2, 0) is 55.7 Å². The standard InChI is InChI=1S/C23H30O4S.C20H24O4S/c1-8-27-21(24)13-16(2)9-12-28(25,26)20-15-19-18(14-17(20)3)22(4,5)10-11-23(19,6)7;1-14(12-18(21)22)8-11-25(23,24)15-6-7-16-17(13-15)20(4,5)10-9-19(16,2)3/h13-15H,8,10-11H2,1-7H3;6-7,12-13H,9-10H2,1-5H3,(H,21,22). The molecule has 286 valence electrons. The van der Waals surface area contributed by atoms with Crippen LogP contribution in [0.3, 0.4) is 0 Å². The first kappa shape index (κ1) is 43.3. The minimum atomic E-state index is -3.81. The van der Waals surface area contributed by atoms with Crippen LogP contribution >= 0.6 is 0 Å². The molecule has 0 aromatic heterocycles. The van der Waals surface area contributed by atoms with Crippen molar-refractivity contribution in [3.8, 4) is 22.3 Å². The van der Waals surface area contributed by atoms with Crippen LogP contribution in [0.2, 0.25) is 0 Å². The van der Waals surface area contributed by atoms with Crippen LogP contribution in [0.15, 0.2) is 63.4 Å². The van der Waals surface area contributed by atoms with E-state index in [1.807, 2.05) is 19.1 Å². The second-order valence-electron chi connectivity index (χ2n) is 16.6. The number of carboxylic acids is 1. The summed E-state index contributed by atoms with van der Waals surface area (Å²) in [5.41, 5.74) is 5.60. The fourth-order valence-electron chi connectivity index (χ4n) is 6.75. The molecular formula is C43H54O8S2. The van der Waals surface area contributed by atoms with Crippen LogP contribution in [0.4, 0.5) is 0 Å². The van der Waals surface area contributed by atoms with Crippen molar-refractivity contribution in [2.75, 3.05) is 6.61 Å². The van der Waals surface area contributed by atoms with Gasteiger partial charge in [-0.25, -0.2) is 26.4 Å². The van der Waals surface area contributed by atoms with Gasteiger partial charge in [-0.3, -0.25) is 0 Å². The third kappa shape index (κ3) is 10.5. The van der Waals surface area contributed by atoms with Crippen molar-refractivity contribution in [3.05, 3.63) is 81.4 Å². The molecule has 0 fully saturated rings. The van der Waals surface area contributed by atoms with E-state index >= 15 is 0 Å². The molecule has 4 rings (SSSR count). The Balaban J connectivity index is 0.000000287. The van der Waals surface area contributed by atoms with Crippen molar-refractivity contribution in [1.82, 2.24) is 0 Å². The average molecular weight is 763 g/mol. The van der Waals surface area contributed by atoms with Crippen LogP contribution in [0.25, 0.3) is 0 Å². The van der Waals surface area contributed by atoms with Crippen molar-refractivity contribution in [2.24, 2.45) is 0 Å². The van der Waals surface area contributed by atoms with E-state index in [4.69, 9.17) is 9.84 Å². The molecule has 0 saturated carbocycles. The predicted octanol–water partition coefficient (Wildman–Crippen LogP) is 8.39. The molecule has 1 N–H and O–H groups in total. The maximum absolute atomic E-state index is 12.9. The van der Waals surface area contributed by atoms with Crippen molar-refractivity contribution in [1.29, 1.82) is 0 Å². The van der Waals surface area contributed by atoms with E-state index in [1.165, 1.54) is 24.1 Å². The Hall–Kier alpha value is -4.12. The Bertz CT molecular complexity index is 2210. The molecule has 53 heavy (non-hydrogen) atoms. The van der Waals surface area contributed by atoms with E-state index < -0.39 is 31.6 Å². The van der Waals surface area contributed by atoms with E-state index in [9.17, 15) is 26.4 Å². The van der Waals surface area contributed by atoms with Crippen molar-refractivity contribution >= 4 is 31.6 Å². The summed E-state index contributed by atoms with van der Waals surface area (Å²) in [5.74, 6) is 3.31. The van der Waals surface area contributed by atoms with E-state index in [1.54, 1.807) is 32.0 Å². The highest BCUT2D eigenvalue weighted by Crippen LogP contribution is 2.48. The quantitative estimate of drug-likeness (QED) is 0.139. The molecule has 0 saturated heterocycles. The second-order valence-corrected chi connectivity index (χ2v) is 19.9. The number of benzene rings is 2. The third-order valence-corrected chi connectivity index (χ3v) is 12.9. The number of fused-ring (bicyclic) bond motifs is 2. The molecule has 0 heterocycles. The van der Waals surface area contributed by atoms with E-state index in [0.717, 1.165) is 42.9 Å². The van der Waals surface area contributed by atoms with Crippen molar-refractivity contribution < 1.29 is 36.3 Å². The number of aliphatic carboxylic acids is 1. The van der Waals surface area contributed by atoms with Crippen LogP contribution in [0, 0.1) is 29.3 Å². The lowest BCUT2D eigenvalue weighted by Gasteiger charge is -2.42. The molecule has 2 aliphatic carbocycles. The molecule has 0 spiro atoms. The van der Waals surface area contributed by atoms with Gasteiger partial charge in [-0.1, -0.05) is 79.4 Å². The summed E-state index contributed by atoms with van der Waals surface area (Å²) in [5, 5.41) is 13.3. The van der Waals surface area contributed by atoms with Gasteiger partial charge in [-0.2, -0.15) is 0 Å². The molecule has 2 aromatic carbocycles. The minimum absolute atomic E-state index is 0.0135. The largest absolute Gasteiger partial charge is 0.478 e. The fourth-order valence-corrected chi connectivity index (χ4v) is 8.85. The van der Waals surface area contributed by atoms with Crippen LogP contribution in [0.1, 0.15) is 130 Å². The first-order valence-corrected chi connectivity index (χ1v) is 20.7. The number of hydrogen-bond acceptors (Lipinski definition) is 7. The van der Waals surface area contributed by atoms with Gasteiger partial charge in [0.1, 0.15) is 0 Å². The average Bonchev–Trinajstić information content (AvgIpc) is 3.03. The van der Waals surface area contributed by atoms with Gasteiger partial charge >= 0.3 is 11.9 Å². The molecule has 0 unspecified atom stereocenters. The molecule has 0 radical (unpaired) electrons. The molecule has 2 aromatic rings. The van der Waals surface area contributed by atoms with E-state index in [0.29, 0.717) is 11.1 Å². The van der Waals surface area contributed by atoms with Gasteiger partial charge in [-0.15, -0.1) is 0 Å². The highest BCUT2D eigenvalue weighted by atomic mass is 32.2. The summed E-state index contributed by atoms with van der Waals surface area (Å²) in [6.07, 6.45) is 6.21. The first-order valence-electron chi connectivity index (χ1n) is 17.8. The van der Waals surface area contributed by atoms with Gasteiger partial charge in [0.05, 0.1) is 16.4 Å². The predicted molar refractivity (Wildman–Crippen MR) is 210 cm³/mol. The molecule has 0 atom stereocenters. The summed E-state index contributed by atoms with van der Waals surface area (Å²) in [6.45, 7) is 24.2. The monoisotopic (exact) mass is 762 g/mol. The SMILES string of the molecule is CC(C#CS(=O)(=O)c1ccc2c(c1)C(C)(C)CCC2(C)C)=CC(=O)O.CCOC(=O)C=C(C)C#CS(=O)(=O)c1cc2c(cc1C)C(C)(C)CCC2(C)C. The number of carboxylic acid groups (broad SMARTS) is 1. The van der Waals surface area contributed by atoms with Gasteiger partial charge in [0.2, 0.25) is 19.7 Å². The normalized spacial score (nSPS) is 18.3. The summed E-state index contributed by atoms with van der Waals surface area (Å²) in [4.78, 5) is 22.5. The molecule has 10 heteroatoms. The maximum Gasteiger partial charge on any atom is 0.331 e. The zero-order chi connectivity index (χ0) is 40.4. The third-order valence-electron chi connectivity index (χ3n) is 10.3. The summed E-state index contributed by atoms with van der Waals surface area (Å²) >= 11 is 0. The second kappa shape index (κ2) is 15.7. The first-order chi connectivity index (χ1) is 24.1. The van der Waals surface area contributed by atoms with Crippen molar-refractivity contribution in [2.45, 2.75) is 140 Å². The summed E-state index contributed by atoms with van der Waals surface area (Å²) < 4.78 is 55.7. The topological polar surface area (TPSA) is 132 Å². The number of hydrogen-bond donors (Lipinski definition) is 1. The summed E-state index contributed by atoms with van der Waals surface area (Å²) in [6, 6.07) is 9.04. The van der Waals surface area contributed by atoms with Crippen LogP contribution in [-0.4, -0.2) is 40.5 Å². The lowest BCUT2D eigenvalue weighted by Crippen LogP contribution is -2.34. The minimum Gasteiger partial charge on any atom is -0.478 e. The lowest BCUT2D eigenvalue weighted by molar-refractivity contribution is -0.137. The molecular weight excluding hydrogens is 709 g/mol. The zero-order valence-electron chi connectivity index (χ0n) is 33.2. The van der Waals surface area contributed by atoms with E-state index in [-0.39, 0.29) is 43.6 Å². The molecule has 0 bridgehead atoms. The Morgan fingerprint density at radius 1 is 0.698 bits per heavy atom. The summed E-state index contributed by atoms with van der Waals surface area (Å²) in [7, 11) is -7.62. The number of sulfone groups is 2. The van der Waals surface area contributed by atoms with Gasteiger partial charge in [0.25, 0.3) is 0 Å². The molecule has 0 aliphatic heterocycles. The number of allylic oxidation sites excluding steroid dienone is 2. The highest BCUT2D eigenvalue weighted by molar-refractivity contribution is 7.96. The number of esters is 1. The van der Waals surface area contributed by atoms with Crippen LogP contribution < -0.4 is 0 Å². The molecule has 8 nitrogen and oxygen atoms in total. The van der Waals surface area contributed by atoms with Crippen LogP contribution in [0.5, 0.6) is 0 Å². The fraction of sp³-hybridized carbons (Fsp3) is 0.488. The van der Waals surface area contributed by atoms with E-state index in [2.05, 4.69) is 77.7 Å². The highest BCUT2D eigenvalue weighted by Gasteiger charge is 2.39. The van der Waals surface area contributed by atoms with Gasteiger partial charge < -0.3 is 9.84 Å². The van der Waals surface area contributed by atoms with Crippen molar-refractivity contribution in [3.63, 3.8) is 0 Å². The number of rotatable bonds is 5. The van der Waals surface area contributed by atoms with Gasteiger partial charge in [0, 0.05) is 33.8 Å². The number of aryl methyl sites for hydroxylation is 1. The Kier molecular flexibility index (Phi) is 12.8. The number of ether oxygens (including phenoxy) is 1. The zero-order valence-corrected chi connectivity index (χ0v) is 34.8. The lowest BCUT2D eigenvalue weighted by atomic mass is 9.63. The Labute approximate surface area is 317 Å². The van der Waals surface area contributed by atoms with Gasteiger partial charge in [0.15, 0.2) is 0 Å². The molecule has 2 aliphatic rings. The van der Waals surface area contributed by atoms with Gasteiger partial charge in [-0.05, 0) is 121 Å². The number of carbonyl (C=O) groups is 2. The number of carbonyl (C=O) groups excluding carboxylic acids is 1. The Morgan fingerprint density at radius 3 is 1.62 bits per heavy atom. The molecule has 0 amide bonds. The maximum atomic E-state index is 12.9. The smallest absolute Gasteiger partial charge is 0.331 e.